The van der Waals surface area contributed by atoms with Crippen LogP contribution in [-0.2, 0) is 0 Å². The van der Waals surface area contributed by atoms with E-state index in [9.17, 15) is 0 Å². The molecule has 56 valence electrons. The van der Waals surface area contributed by atoms with Gasteiger partial charge in [0.15, 0.2) is 0 Å². The predicted octanol–water partition coefficient (Wildman–Crippen LogP) is 1.86. The maximum Gasteiger partial charge on any atom is -0.00172 e. The highest BCUT2D eigenvalue weighted by Crippen LogP contribution is 2.26. The molecule has 1 rings (SSSR count). The van der Waals surface area contributed by atoms with Crippen molar-refractivity contribution < 1.29 is 0 Å². The summed E-state index contributed by atoms with van der Waals surface area (Å²) in [6.45, 7) is 3.01. The van der Waals surface area contributed by atoms with Crippen molar-refractivity contribution in [2.75, 3.05) is 6.54 Å². The standard InChI is InChI=1S/C9H15N/c1-9(8-10)6-4-2-3-5-7-9/h2-5H,6-8,10H2,1H3. The van der Waals surface area contributed by atoms with Gasteiger partial charge in [0.2, 0.25) is 0 Å². The molecule has 1 nitrogen and oxygen atoms in total. The molecule has 0 radical (unpaired) electrons. The summed E-state index contributed by atoms with van der Waals surface area (Å²) in [5.74, 6) is 0. The van der Waals surface area contributed by atoms with Gasteiger partial charge in [0.05, 0.1) is 0 Å². The second kappa shape index (κ2) is 3.02. The minimum absolute atomic E-state index is 0.309. The lowest BCUT2D eigenvalue weighted by Crippen LogP contribution is -2.25. The maximum atomic E-state index is 5.64. The Morgan fingerprint density at radius 3 is 2.20 bits per heavy atom. The van der Waals surface area contributed by atoms with Crippen LogP contribution < -0.4 is 5.73 Å². The molecule has 0 aromatic rings. The summed E-state index contributed by atoms with van der Waals surface area (Å²) in [5.41, 5.74) is 5.95. The average Bonchev–Trinajstić information content (AvgIpc) is 2.15. The molecule has 0 heterocycles. The summed E-state index contributed by atoms with van der Waals surface area (Å²) >= 11 is 0. The van der Waals surface area contributed by atoms with E-state index < -0.39 is 0 Å². The van der Waals surface area contributed by atoms with Crippen LogP contribution in [0.5, 0.6) is 0 Å². The minimum Gasteiger partial charge on any atom is -0.330 e. The Morgan fingerprint density at radius 2 is 1.80 bits per heavy atom. The van der Waals surface area contributed by atoms with Gasteiger partial charge in [0.1, 0.15) is 0 Å². The summed E-state index contributed by atoms with van der Waals surface area (Å²) in [4.78, 5) is 0. The minimum atomic E-state index is 0.309. The number of nitrogens with two attached hydrogens (primary N) is 1. The van der Waals surface area contributed by atoms with Crippen LogP contribution in [0.4, 0.5) is 0 Å². The number of rotatable bonds is 1. The normalized spacial score (nSPS) is 22.6. The van der Waals surface area contributed by atoms with Gasteiger partial charge in [0, 0.05) is 0 Å². The molecule has 0 amide bonds. The van der Waals surface area contributed by atoms with Crippen LogP contribution >= 0.6 is 0 Å². The molecule has 0 unspecified atom stereocenters. The highest BCUT2D eigenvalue weighted by molar-refractivity contribution is 5.09. The molecule has 10 heavy (non-hydrogen) atoms. The highest BCUT2D eigenvalue weighted by Gasteiger charge is 2.19. The van der Waals surface area contributed by atoms with Crippen molar-refractivity contribution in [2.45, 2.75) is 19.8 Å². The molecule has 2 N–H and O–H groups in total. The highest BCUT2D eigenvalue weighted by atomic mass is 14.6. The lowest BCUT2D eigenvalue weighted by atomic mass is 9.84. The third-order valence-corrected chi connectivity index (χ3v) is 2.10. The first-order valence-corrected chi connectivity index (χ1v) is 3.79. The van der Waals surface area contributed by atoms with Gasteiger partial charge in [-0.25, -0.2) is 0 Å². The molecule has 0 atom stereocenters. The Morgan fingerprint density at radius 1 is 1.30 bits per heavy atom. The van der Waals surface area contributed by atoms with Crippen LogP contribution in [0.1, 0.15) is 19.8 Å². The van der Waals surface area contributed by atoms with Crippen LogP contribution in [-0.4, -0.2) is 6.54 Å². The van der Waals surface area contributed by atoms with Gasteiger partial charge in [-0.3, -0.25) is 0 Å². The Hall–Kier alpha value is -0.560. The number of hydrogen-bond donors (Lipinski definition) is 1. The third-order valence-electron chi connectivity index (χ3n) is 2.10. The van der Waals surface area contributed by atoms with Crippen molar-refractivity contribution in [3.63, 3.8) is 0 Å². The molecule has 0 aromatic heterocycles. The molecule has 0 spiro atoms. The number of allylic oxidation sites excluding steroid dienone is 4. The molecule has 1 heteroatoms. The topological polar surface area (TPSA) is 26.0 Å². The van der Waals surface area contributed by atoms with E-state index in [1.54, 1.807) is 0 Å². The predicted molar refractivity (Wildman–Crippen MR) is 44.7 cm³/mol. The van der Waals surface area contributed by atoms with Crippen molar-refractivity contribution in [3.05, 3.63) is 24.3 Å². The van der Waals surface area contributed by atoms with Crippen molar-refractivity contribution in [3.8, 4) is 0 Å². The molecule has 0 aromatic carbocycles. The first-order chi connectivity index (χ1) is 4.77. The zero-order chi connectivity index (χ0) is 7.45. The van der Waals surface area contributed by atoms with Gasteiger partial charge < -0.3 is 5.73 Å². The summed E-state index contributed by atoms with van der Waals surface area (Å²) in [7, 11) is 0. The second-order valence-electron chi connectivity index (χ2n) is 3.28. The molecular formula is C9H15N. The van der Waals surface area contributed by atoms with Gasteiger partial charge in [-0.1, -0.05) is 31.2 Å². The average molecular weight is 137 g/mol. The zero-order valence-corrected chi connectivity index (χ0v) is 6.51. The molecular weight excluding hydrogens is 122 g/mol. The van der Waals surface area contributed by atoms with Gasteiger partial charge in [-0.15, -0.1) is 0 Å². The second-order valence-corrected chi connectivity index (χ2v) is 3.28. The third kappa shape index (κ3) is 1.71. The summed E-state index contributed by atoms with van der Waals surface area (Å²) in [5, 5.41) is 0. The quantitative estimate of drug-likeness (QED) is 0.586. The molecule has 0 bridgehead atoms. The van der Waals surface area contributed by atoms with E-state index in [1.807, 2.05) is 0 Å². The molecule has 1 aliphatic carbocycles. The largest absolute Gasteiger partial charge is 0.330 e. The van der Waals surface area contributed by atoms with E-state index in [2.05, 4.69) is 31.2 Å². The van der Waals surface area contributed by atoms with Crippen LogP contribution in [0.2, 0.25) is 0 Å². The lowest BCUT2D eigenvalue weighted by Gasteiger charge is -2.23. The molecule has 0 fully saturated rings. The van der Waals surface area contributed by atoms with E-state index in [0.29, 0.717) is 5.41 Å². The fourth-order valence-corrected chi connectivity index (χ4v) is 1.11. The van der Waals surface area contributed by atoms with Gasteiger partial charge in [0.25, 0.3) is 0 Å². The fourth-order valence-electron chi connectivity index (χ4n) is 1.11. The van der Waals surface area contributed by atoms with Gasteiger partial charge in [-0.05, 0) is 24.8 Å². The smallest absolute Gasteiger partial charge is 0.00172 e. The van der Waals surface area contributed by atoms with E-state index in [0.717, 1.165) is 19.4 Å². The first-order valence-electron chi connectivity index (χ1n) is 3.79. The van der Waals surface area contributed by atoms with E-state index in [4.69, 9.17) is 5.73 Å². The monoisotopic (exact) mass is 137 g/mol. The summed E-state index contributed by atoms with van der Waals surface area (Å²) in [6.07, 6.45) is 10.8. The Bertz CT molecular complexity index is 142. The Labute approximate surface area is 62.6 Å². The van der Waals surface area contributed by atoms with Crippen molar-refractivity contribution in [1.82, 2.24) is 0 Å². The van der Waals surface area contributed by atoms with Gasteiger partial charge in [-0.2, -0.15) is 0 Å². The van der Waals surface area contributed by atoms with Crippen LogP contribution in [0.15, 0.2) is 24.3 Å². The van der Waals surface area contributed by atoms with Crippen LogP contribution in [0.25, 0.3) is 0 Å². The first kappa shape index (κ1) is 7.55. The summed E-state index contributed by atoms with van der Waals surface area (Å²) < 4.78 is 0. The van der Waals surface area contributed by atoms with Crippen LogP contribution in [0, 0.1) is 5.41 Å². The van der Waals surface area contributed by atoms with Crippen molar-refractivity contribution in [2.24, 2.45) is 11.1 Å². The molecule has 0 saturated heterocycles. The molecule has 0 saturated carbocycles. The Balaban J connectivity index is 2.62. The van der Waals surface area contributed by atoms with Crippen molar-refractivity contribution in [1.29, 1.82) is 0 Å². The lowest BCUT2D eigenvalue weighted by molar-refractivity contribution is 0.347. The van der Waals surface area contributed by atoms with Gasteiger partial charge >= 0.3 is 0 Å². The SMILES string of the molecule is CC1(CN)CC=CC=CC1. The number of hydrogen-bond acceptors (Lipinski definition) is 1. The maximum absolute atomic E-state index is 5.64. The fraction of sp³-hybridized carbons (Fsp3) is 0.556. The molecule has 0 aliphatic heterocycles. The summed E-state index contributed by atoms with van der Waals surface area (Å²) in [6, 6.07) is 0. The van der Waals surface area contributed by atoms with E-state index >= 15 is 0 Å². The zero-order valence-electron chi connectivity index (χ0n) is 6.51. The van der Waals surface area contributed by atoms with E-state index in [-0.39, 0.29) is 0 Å². The Kier molecular flexibility index (Phi) is 2.28. The van der Waals surface area contributed by atoms with Crippen molar-refractivity contribution >= 4 is 0 Å². The molecule has 1 aliphatic rings. The van der Waals surface area contributed by atoms with Crippen LogP contribution in [0.3, 0.4) is 0 Å². The van der Waals surface area contributed by atoms with E-state index in [1.165, 1.54) is 0 Å².